The van der Waals surface area contributed by atoms with Crippen LogP contribution in [0.3, 0.4) is 0 Å². The maximum absolute atomic E-state index is 12.3. The molecular weight excluding hydrogens is 339 g/mol. The number of hydrogen-bond acceptors (Lipinski definition) is 5. The van der Waals surface area contributed by atoms with Crippen molar-refractivity contribution >= 4 is 11.6 Å². The summed E-state index contributed by atoms with van der Waals surface area (Å²) in [7, 11) is 0. The minimum absolute atomic E-state index is 0.158. The van der Waals surface area contributed by atoms with Gasteiger partial charge in [-0.2, -0.15) is 5.10 Å². The molecule has 0 fully saturated rings. The topological polar surface area (TPSA) is 81.9 Å². The number of nitrogens with one attached hydrogen (secondary N) is 1. The Morgan fingerprint density at radius 1 is 1.20 bits per heavy atom. The van der Waals surface area contributed by atoms with Gasteiger partial charge in [0.05, 0.1) is 0 Å². The SMILES string of the molecule is O=C(Nc1cccc(OC(F)(F)F)c1)c1ccnc(-n2cncn2)c1. The lowest BCUT2D eigenvalue weighted by molar-refractivity contribution is -0.274. The molecule has 0 aliphatic heterocycles. The van der Waals surface area contributed by atoms with E-state index >= 15 is 0 Å². The van der Waals surface area contributed by atoms with Crippen LogP contribution in [0.2, 0.25) is 0 Å². The molecule has 1 N–H and O–H groups in total. The molecule has 1 aromatic carbocycles. The molecule has 0 atom stereocenters. The number of carbonyl (C=O) groups excluding carboxylic acids is 1. The predicted octanol–water partition coefficient (Wildman–Crippen LogP) is 2.81. The molecule has 128 valence electrons. The first-order valence-corrected chi connectivity index (χ1v) is 6.89. The first kappa shape index (κ1) is 16.4. The second-order valence-electron chi connectivity index (χ2n) is 4.77. The van der Waals surface area contributed by atoms with E-state index in [0.717, 1.165) is 12.1 Å². The van der Waals surface area contributed by atoms with E-state index in [2.05, 4.69) is 25.1 Å². The number of aromatic nitrogens is 4. The Morgan fingerprint density at radius 3 is 2.76 bits per heavy atom. The van der Waals surface area contributed by atoms with Gasteiger partial charge in [0.15, 0.2) is 5.82 Å². The summed E-state index contributed by atoms with van der Waals surface area (Å²) >= 11 is 0. The van der Waals surface area contributed by atoms with Crippen molar-refractivity contribution in [2.24, 2.45) is 0 Å². The van der Waals surface area contributed by atoms with Crippen molar-refractivity contribution in [3.63, 3.8) is 0 Å². The maximum atomic E-state index is 12.3. The van der Waals surface area contributed by atoms with Gasteiger partial charge in [-0.1, -0.05) is 6.07 Å². The van der Waals surface area contributed by atoms with E-state index in [0.29, 0.717) is 5.82 Å². The molecule has 3 rings (SSSR count). The monoisotopic (exact) mass is 349 g/mol. The van der Waals surface area contributed by atoms with Crippen molar-refractivity contribution < 1.29 is 22.7 Å². The van der Waals surface area contributed by atoms with Gasteiger partial charge in [-0.05, 0) is 24.3 Å². The number of nitrogens with zero attached hydrogens (tertiary/aromatic N) is 4. The first-order chi connectivity index (χ1) is 11.9. The molecule has 7 nitrogen and oxygen atoms in total. The molecule has 25 heavy (non-hydrogen) atoms. The lowest BCUT2D eigenvalue weighted by Gasteiger charge is -2.11. The highest BCUT2D eigenvalue weighted by Crippen LogP contribution is 2.25. The normalized spacial score (nSPS) is 11.2. The Balaban J connectivity index is 1.77. The Bertz CT molecular complexity index is 881. The third-order valence-corrected chi connectivity index (χ3v) is 2.99. The number of ether oxygens (including phenoxy) is 1. The van der Waals surface area contributed by atoms with Gasteiger partial charge in [0, 0.05) is 23.5 Å². The van der Waals surface area contributed by atoms with Crippen LogP contribution in [0.15, 0.2) is 55.2 Å². The molecule has 0 saturated heterocycles. The second-order valence-corrected chi connectivity index (χ2v) is 4.77. The van der Waals surface area contributed by atoms with Gasteiger partial charge in [-0.15, -0.1) is 13.2 Å². The number of pyridine rings is 1. The van der Waals surface area contributed by atoms with Crippen LogP contribution >= 0.6 is 0 Å². The van der Waals surface area contributed by atoms with E-state index in [1.54, 1.807) is 0 Å². The van der Waals surface area contributed by atoms with Crippen LogP contribution < -0.4 is 10.1 Å². The van der Waals surface area contributed by atoms with E-state index in [9.17, 15) is 18.0 Å². The molecular formula is C15H10F3N5O2. The van der Waals surface area contributed by atoms with Crippen LogP contribution in [0.1, 0.15) is 10.4 Å². The summed E-state index contributed by atoms with van der Waals surface area (Å²) in [5.41, 5.74) is 0.411. The van der Waals surface area contributed by atoms with Crippen molar-refractivity contribution in [2.75, 3.05) is 5.32 Å². The molecule has 0 spiro atoms. The maximum Gasteiger partial charge on any atom is 0.573 e. The highest BCUT2D eigenvalue weighted by Gasteiger charge is 2.31. The summed E-state index contributed by atoms with van der Waals surface area (Å²) in [6, 6.07) is 7.93. The quantitative estimate of drug-likeness (QED) is 0.783. The van der Waals surface area contributed by atoms with E-state index in [-0.39, 0.29) is 11.3 Å². The van der Waals surface area contributed by atoms with Gasteiger partial charge < -0.3 is 10.1 Å². The number of carbonyl (C=O) groups is 1. The van der Waals surface area contributed by atoms with Crippen LogP contribution in [-0.2, 0) is 0 Å². The molecule has 0 aliphatic carbocycles. The van der Waals surface area contributed by atoms with E-state index in [1.807, 2.05) is 0 Å². The number of hydrogen-bond donors (Lipinski definition) is 1. The summed E-state index contributed by atoms with van der Waals surface area (Å²) in [6.07, 6.45) is -0.655. The number of benzene rings is 1. The summed E-state index contributed by atoms with van der Waals surface area (Å²) in [5.74, 6) is -0.574. The fourth-order valence-electron chi connectivity index (χ4n) is 1.99. The fourth-order valence-corrected chi connectivity index (χ4v) is 1.99. The summed E-state index contributed by atoms with van der Waals surface area (Å²) in [5, 5.41) is 6.40. The zero-order valence-corrected chi connectivity index (χ0v) is 12.4. The average Bonchev–Trinajstić information content (AvgIpc) is 3.08. The summed E-state index contributed by atoms with van der Waals surface area (Å²) < 4.78 is 41.9. The van der Waals surface area contributed by atoms with E-state index < -0.39 is 18.0 Å². The molecule has 0 saturated carbocycles. The molecule has 0 aliphatic rings. The summed E-state index contributed by atoms with van der Waals surface area (Å²) in [4.78, 5) is 20.1. The zero-order chi connectivity index (χ0) is 17.9. The molecule has 1 amide bonds. The van der Waals surface area contributed by atoms with E-state index in [4.69, 9.17) is 0 Å². The van der Waals surface area contributed by atoms with Crippen molar-refractivity contribution in [1.29, 1.82) is 0 Å². The van der Waals surface area contributed by atoms with Crippen molar-refractivity contribution in [3.8, 4) is 11.6 Å². The highest BCUT2D eigenvalue weighted by atomic mass is 19.4. The van der Waals surface area contributed by atoms with Crippen LogP contribution in [0.25, 0.3) is 5.82 Å². The summed E-state index contributed by atoms with van der Waals surface area (Å²) in [6.45, 7) is 0. The molecule has 3 aromatic rings. The highest BCUT2D eigenvalue weighted by molar-refractivity contribution is 6.04. The smallest absolute Gasteiger partial charge is 0.406 e. The number of alkyl halides is 3. The fraction of sp³-hybridized carbons (Fsp3) is 0.0667. The largest absolute Gasteiger partial charge is 0.573 e. The molecule has 10 heteroatoms. The molecule has 2 aromatic heterocycles. The molecule has 0 bridgehead atoms. The standard InChI is InChI=1S/C15H10F3N5O2/c16-15(17,18)25-12-3-1-2-11(7-12)22-14(24)10-4-5-20-13(6-10)23-9-19-8-21-23/h1-9H,(H,22,24). The lowest BCUT2D eigenvalue weighted by Crippen LogP contribution is -2.17. The van der Waals surface area contributed by atoms with Gasteiger partial charge >= 0.3 is 6.36 Å². The third kappa shape index (κ3) is 4.31. The van der Waals surface area contributed by atoms with Crippen LogP contribution in [-0.4, -0.2) is 32.0 Å². The zero-order valence-electron chi connectivity index (χ0n) is 12.4. The van der Waals surface area contributed by atoms with Gasteiger partial charge in [0.1, 0.15) is 18.4 Å². The van der Waals surface area contributed by atoms with Crippen LogP contribution in [0.4, 0.5) is 18.9 Å². The van der Waals surface area contributed by atoms with Crippen LogP contribution in [0.5, 0.6) is 5.75 Å². The Labute approximate surface area is 139 Å². The Hall–Kier alpha value is -3.43. The third-order valence-electron chi connectivity index (χ3n) is 2.99. The lowest BCUT2D eigenvalue weighted by atomic mass is 10.2. The number of halogens is 3. The predicted molar refractivity (Wildman–Crippen MR) is 80.2 cm³/mol. The Kier molecular flexibility index (Phi) is 4.33. The number of rotatable bonds is 4. The Morgan fingerprint density at radius 2 is 2.04 bits per heavy atom. The van der Waals surface area contributed by atoms with E-state index in [1.165, 1.54) is 47.8 Å². The minimum Gasteiger partial charge on any atom is -0.406 e. The van der Waals surface area contributed by atoms with Gasteiger partial charge in [-0.3, -0.25) is 4.79 Å². The molecule has 0 radical (unpaired) electrons. The van der Waals surface area contributed by atoms with Gasteiger partial charge in [0.25, 0.3) is 5.91 Å². The second kappa shape index (κ2) is 6.59. The van der Waals surface area contributed by atoms with Crippen molar-refractivity contribution in [1.82, 2.24) is 19.7 Å². The molecule has 0 unspecified atom stereocenters. The van der Waals surface area contributed by atoms with Crippen molar-refractivity contribution in [2.45, 2.75) is 6.36 Å². The minimum atomic E-state index is -4.81. The number of amides is 1. The van der Waals surface area contributed by atoms with Gasteiger partial charge in [-0.25, -0.2) is 14.6 Å². The molecule has 2 heterocycles. The first-order valence-electron chi connectivity index (χ1n) is 6.89. The van der Waals surface area contributed by atoms with Crippen molar-refractivity contribution in [3.05, 3.63) is 60.8 Å². The average molecular weight is 349 g/mol. The van der Waals surface area contributed by atoms with Crippen LogP contribution in [0, 0.1) is 0 Å². The number of anilines is 1. The van der Waals surface area contributed by atoms with Gasteiger partial charge in [0.2, 0.25) is 0 Å².